The fourth-order valence-electron chi connectivity index (χ4n) is 5.83. The van der Waals surface area contributed by atoms with Gasteiger partial charge in [0, 0.05) is 12.3 Å². The lowest BCUT2D eigenvalue weighted by molar-refractivity contribution is -0.150. The van der Waals surface area contributed by atoms with Crippen LogP contribution < -0.4 is 15.8 Å². The van der Waals surface area contributed by atoms with Crippen LogP contribution in [0.3, 0.4) is 0 Å². The first kappa shape index (κ1) is 30.5. The highest BCUT2D eigenvalue weighted by Gasteiger charge is 2.62. The van der Waals surface area contributed by atoms with Crippen molar-refractivity contribution in [2.45, 2.75) is 81.5 Å². The first-order valence-corrected chi connectivity index (χ1v) is 14.8. The lowest BCUT2D eigenvalue weighted by Crippen LogP contribution is -2.55. The zero-order chi connectivity index (χ0) is 30.8. The molecule has 5 unspecified atom stereocenters. The van der Waals surface area contributed by atoms with Crippen LogP contribution in [0, 0.1) is 5.92 Å². The molecule has 43 heavy (non-hydrogen) atoms. The number of alkyl halides is 2. The number of halogens is 2. The normalized spacial score (nSPS) is 28.2. The number of fused-ring (bicyclic) bond motifs is 3. The lowest BCUT2D eigenvalue weighted by Gasteiger charge is -2.28. The number of para-hydroxylation sites is 2. The van der Waals surface area contributed by atoms with Gasteiger partial charge in [0.1, 0.15) is 17.7 Å². The number of nitrogens with one attached hydrogen (secondary N) is 1. The maximum Gasteiger partial charge on any atom is 0.332 e. The van der Waals surface area contributed by atoms with E-state index < -0.39 is 59.0 Å². The second kappa shape index (κ2) is 12.4. The van der Waals surface area contributed by atoms with Crippen molar-refractivity contribution in [1.29, 1.82) is 0 Å². The van der Waals surface area contributed by atoms with Crippen molar-refractivity contribution in [3.8, 4) is 5.88 Å². The van der Waals surface area contributed by atoms with E-state index in [1.165, 1.54) is 4.90 Å². The summed E-state index contributed by atoms with van der Waals surface area (Å²) in [6, 6.07) is 4.63. The Balaban J connectivity index is 1.46. The van der Waals surface area contributed by atoms with E-state index >= 15 is 0 Å². The minimum atomic E-state index is -3.55. The first-order chi connectivity index (χ1) is 20.6. The van der Waals surface area contributed by atoms with Gasteiger partial charge < -0.3 is 25.4 Å². The molecule has 2 aliphatic heterocycles. The van der Waals surface area contributed by atoms with Gasteiger partial charge >= 0.3 is 11.9 Å². The van der Waals surface area contributed by atoms with Crippen LogP contribution in [0.1, 0.15) is 57.6 Å². The molecule has 1 aliphatic carbocycles. The van der Waals surface area contributed by atoms with Gasteiger partial charge in [0.15, 0.2) is 5.69 Å². The Bertz CT molecular complexity index is 1430. The van der Waals surface area contributed by atoms with E-state index in [4.69, 9.17) is 15.2 Å². The van der Waals surface area contributed by atoms with Gasteiger partial charge in [0.05, 0.1) is 30.2 Å². The molecule has 0 spiro atoms. The zero-order valence-electron chi connectivity index (χ0n) is 24.1. The molecule has 3 aliphatic rings. The molecule has 1 aromatic heterocycles. The van der Waals surface area contributed by atoms with Crippen LogP contribution in [-0.2, 0) is 25.0 Å². The Morgan fingerprint density at radius 3 is 2.70 bits per heavy atom. The topological polar surface area (TPSA) is 137 Å². The summed E-state index contributed by atoms with van der Waals surface area (Å²) in [6.45, 7) is 4.98. The molecular weight excluding hydrogens is 560 g/mol. The fraction of sp³-hybridized carbons (Fsp3) is 0.516. The van der Waals surface area contributed by atoms with Crippen LogP contribution in [0.4, 0.5) is 8.78 Å². The zero-order valence-corrected chi connectivity index (χ0v) is 24.1. The Labute approximate surface area is 248 Å². The fourth-order valence-corrected chi connectivity index (χ4v) is 5.83. The molecule has 0 radical (unpaired) electrons. The van der Waals surface area contributed by atoms with E-state index in [2.05, 4.69) is 21.9 Å². The molecule has 3 N–H and O–H groups in total. The summed E-state index contributed by atoms with van der Waals surface area (Å²) < 4.78 is 41.1. The highest BCUT2D eigenvalue weighted by Crippen LogP contribution is 2.46. The summed E-state index contributed by atoms with van der Waals surface area (Å²) in [5.41, 5.74) is 4.93. The molecule has 12 heteroatoms. The van der Waals surface area contributed by atoms with Gasteiger partial charge in [-0.25, -0.2) is 14.8 Å². The maximum absolute atomic E-state index is 14.9. The molecule has 5 rings (SSSR count). The molecule has 3 heterocycles. The minimum Gasteiger partial charge on any atom is -0.471 e. The molecular formula is C31H37F2N5O5. The van der Waals surface area contributed by atoms with Crippen molar-refractivity contribution in [2.24, 2.45) is 11.7 Å². The van der Waals surface area contributed by atoms with Gasteiger partial charge in [-0.15, -0.1) is 0 Å². The van der Waals surface area contributed by atoms with E-state index in [0.717, 1.165) is 25.7 Å². The lowest BCUT2D eigenvalue weighted by atomic mass is 10.1. The maximum atomic E-state index is 14.9. The molecule has 0 bridgehead atoms. The second-order valence-electron chi connectivity index (χ2n) is 11.3. The number of nitrogens with zero attached hydrogens (tertiary/aromatic N) is 3. The second-order valence-corrected chi connectivity index (χ2v) is 11.3. The molecule has 230 valence electrons. The number of allylic oxidation sites excluding steroid dienone is 2. The quantitative estimate of drug-likeness (QED) is 0.381. The molecule has 2 aromatic rings. The van der Waals surface area contributed by atoms with Gasteiger partial charge in [-0.3, -0.25) is 9.59 Å². The Kier molecular flexibility index (Phi) is 8.77. The smallest absolute Gasteiger partial charge is 0.332 e. The predicted octanol–water partition coefficient (Wildman–Crippen LogP) is 3.54. The number of nitrogens with two attached hydrogens (primary N) is 1. The Morgan fingerprint density at radius 1 is 1.23 bits per heavy atom. The van der Waals surface area contributed by atoms with Crippen LogP contribution >= 0.6 is 0 Å². The van der Waals surface area contributed by atoms with Crippen LogP contribution in [-0.4, -0.2) is 69.5 Å². The third kappa shape index (κ3) is 6.24. The highest BCUT2D eigenvalue weighted by atomic mass is 19.3. The highest BCUT2D eigenvalue weighted by molar-refractivity contribution is 5.96. The van der Waals surface area contributed by atoms with E-state index in [9.17, 15) is 23.2 Å². The summed E-state index contributed by atoms with van der Waals surface area (Å²) in [4.78, 5) is 50.1. The molecule has 1 saturated heterocycles. The number of hydrogen-bond donors (Lipinski definition) is 2. The van der Waals surface area contributed by atoms with Crippen LogP contribution in [0.25, 0.3) is 11.0 Å². The molecule has 2 fully saturated rings. The van der Waals surface area contributed by atoms with Crippen molar-refractivity contribution in [3.63, 3.8) is 0 Å². The van der Waals surface area contributed by atoms with Gasteiger partial charge in [-0.1, -0.05) is 43.7 Å². The van der Waals surface area contributed by atoms with Gasteiger partial charge in [0.25, 0.3) is 0 Å². The summed E-state index contributed by atoms with van der Waals surface area (Å²) >= 11 is 0. The number of ether oxygens (including phenoxy) is 2. The van der Waals surface area contributed by atoms with Gasteiger partial charge in [-0.05, 0) is 50.8 Å². The first-order valence-electron chi connectivity index (χ1n) is 14.8. The van der Waals surface area contributed by atoms with Crippen molar-refractivity contribution in [1.82, 2.24) is 20.2 Å². The van der Waals surface area contributed by atoms with E-state index in [0.29, 0.717) is 24.4 Å². The van der Waals surface area contributed by atoms with Crippen molar-refractivity contribution >= 4 is 28.8 Å². The SMILES string of the molecule is C=CC(F)(F)c1nc2ccccc2nc1OC1CC2C(=O)NC3(C(=O)OCC)CC3C=CCCCCCC(N)C(=O)N2C1. The molecule has 2 amide bonds. The Hall–Kier alpha value is -3.93. The summed E-state index contributed by atoms with van der Waals surface area (Å²) in [5, 5.41) is 2.87. The van der Waals surface area contributed by atoms with E-state index in [1.54, 1.807) is 31.2 Å². The monoisotopic (exact) mass is 597 g/mol. The molecule has 10 nitrogen and oxygen atoms in total. The third-order valence-corrected chi connectivity index (χ3v) is 8.31. The predicted molar refractivity (Wildman–Crippen MR) is 154 cm³/mol. The minimum absolute atomic E-state index is 0.0304. The van der Waals surface area contributed by atoms with Crippen LogP contribution in [0.15, 0.2) is 49.1 Å². The summed E-state index contributed by atoms with van der Waals surface area (Å²) in [5.74, 6) is -5.75. The summed E-state index contributed by atoms with van der Waals surface area (Å²) in [6.07, 6.45) is 7.61. The number of hydrogen-bond acceptors (Lipinski definition) is 8. The number of carbonyl (C=O) groups is 3. The van der Waals surface area contributed by atoms with E-state index in [-0.39, 0.29) is 31.0 Å². The van der Waals surface area contributed by atoms with Crippen molar-refractivity contribution < 1.29 is 32.6 Å². The number of benzene rings is 1. The number of amides is 2. The van der Waals surface area contributed by atoms with Crippen LogP contribution in [0.2, 0.25) is 0 Å². The average molecular weight is 598 g/mol. The molecule has 5 atom stereocenters. The van der Waals surface area contributed by atoms with Crippen LogP contribution in [0.5, 0.6) is 5.88 Å². The largest absolute Gasteiger partial charge is 0.471 e. The summed E-state index contributed by atoms with van der Waals surface area (Å²) in [7, 11) is 0. The molecule has 1 saturated carbocycles. The standard InChI is InChI=1S/C31H37F2N5O5/c1-3-31(32,33)25-27(36-23-15-11-10-14-22(23)35-25)43-20-16-24-26(39)37-30(29(41)42-4-2)17-19(30)12-8-6-5-7-9-13-21(34)28(40)38(24)18-20/h3,8,10-12,14-15,19-21,24H,1,4-7,9,13,16-18,34H2,2H3,(H,37,39). The average Bonchev–Trinajstić information content (AvgIpc) is 3.52. The number of rotatable bonds is 6. The Morgan fingerprint density at radius 2 is 1.98 bits per heavy atom. The van der Waals surface area contributed by atoms with E-state index in [1.807, 2.05) is 12.2 Å². The van der Waals surface area contributed by atoms with Crippen molar-refractivity contribution in [2.75, 3.05) is 13.2 Å². The number of aromatic nitrogens is 2. The number of carbonyl (C=O) groups excluding carboxylic acids is 3. The van der Waals surface area contributed by atoms with Gasteiger partial charge in [0.2, 0.25) is 17.7 Å². The van der Waals surface area contributed by atoms with Crippen molar-refractivity contribution in [3.05, 3.63) is 54.8 Å². The third-order valence-electron chi connectivity index (χ3n) is 8.31. The molecule has 1 aromatic carbocycles. The van der Waals surface area contributed by atoms with Gasteiger partial charge in [-0.2, -0.15) is 8.78 Å². The number of esters is 1.